The molecule has 114 valence electrons. The molecule has 0 fully saturated rings. The maximum atomic E-state index is 12.3. The number of ether oxygens (including phenoxy) is 1. The van der Waals surface area contributed by atoms with Crippen molar-refractivity contribution in [3.8, 4) is 0 Å². The third-order valence-electron chi connectivity index (χ3n) is 2.93. The molecule has 0 saturated heterocycles. The SMILES string of the molecule is COC(=O)c1cc([N+](=O)[O-])cn(Cc2cccc(Br)c2)c1=O. The van der Waals surface area contributed by atoms with E-state index in [1.54, 1.807) is 18.2 Å². The molecule has 0 aliphatic heterocycles. The maximum absolute atomic E-state index is 12.3. The summed E-state index contributed by atoms with van der Waals surface area (Å²) in [7, 11) is 1.11. The lowest BCUT2D eigenvalue weighted by atomic mass is 10.2. The van der Waals surface area contributed by atoms with Crippen molar-refractivity contribution >= 4 is 27.6 Å². The Bertz CT molecular complexity index is 800. The Balaban J connectivity index is 2.54. The summed E-state index contributed by atoms with van der Waals surface area (Å²) in [5, 5.41) is 11.0. The summed E-state index contributed by atoms with van der Waals surface area (Å²) in [6, 6.07) is 8.07. The molecule has 1 aromatic heterocycles. The van der Waals surface area contributed by atoms with Gasteiger partial charge in [-0.3, -0.25) is 14.9 Å². The predicted octanol–water partition coefficient (Wildman–Crippen LogP) is 2.35. The third kappa shape index (κ3) is 3.40. The topological polar surface area (TPSA) is 91.4 Å². The fourth-order valence-electron chi connectivity index (χ4n) is 1.93. The molecule has 8 heteroatoms. The van der Waals surface area contributed by atoms with Crippen molar-refractivity contribution in [1.82, 2.24) is 4.57 Å². The normalized spacial score (nSPS) is 10.3. The molecule has 1 aromatic carbocycles. The van der Waals surface area contributed by atoms with Crippen LogP contribution in [0.1, 0.15) is 15.9 Å². The standard InChI is InChI=1S/C14H11BrN2O5/c1-22-14(19)12-6-11(17(20)21)8-16(13(12)18)7-9-3-2-4-10(15)5-9/h2-6,8H,7H2,1H3. The molecule has 22 heavy (non-hydrogen) atoms. The second-order valence-electron chi connectivity index (χ2n) is 4.42. The predicted molar refractivity (Wildman–Crippen MR) is 81.9 cm³/mol. The molecular formula is C14H11BrN2O5. The first-order valence-electron chi connectivity index (χ1n) is 6.14. The van der Waals surface area contributed by atoms with Gasteiger partial charge >= 0.3 is 5.97 Å². The number of esters is 1. The van der Waals surface area contributed by atoms with Crippen LogP contribution in [0, 0.1) is 10.1 Å². The minimum Gasteiger partial charge on any atom is -0.465 e. The van der Waals surface area contributed by atoms with Gasteiger partial charge in [0.25, 0.3) is 11.2 Å². The summed E-state index contributed by atoms with van der Waals surface area (Å²) in [6.45, 7) is 0.101. The van der Waals surface area contributed by atoms with E-state index in [0.29, 0.717) is 0 Å². The summed E-state index contributed by atoms with van der Waals surface area (Å²) in [6.07, 6.45) is 1.11. The quantitative estimate of drug-likeness (QED) is 0.470. The average Bonchev–Trinajstić information content (AvgIpc) is 2.48. The zero-order valence-corrected chi connectivity index (χ0v) is 13.1. The zero-order valence-electron chi connectivity index (χ0n) is 11.5. The first kappa shape index (κ1) is 15.9. The minimum atomic E-state index is -0.906. The Morgan fingerprint density at radius 1 is 1.41 bits per heavy atom. The van der Waals surface area contributed by atoms with Gasteiger partial charge in [-0.05, 0) is 17.7 Å². The van der Waals surface area contributed by atoms with Gasteiger partial charge in [0, 0.05) is 10.5 Å². The molecule has 0 spiro atoms. The number of aromatic nitrogens is 1. The minimum absolute atomic E-state index is 0.101. The summed E-state index contributed by atoms with van der Waals surface area (Å²) in [5.74, 6) is -0.906. The highest BCUT2D eigenvalue weighted by Gasteiger charge is 2.19. The Morgan fingerprint density at radius 2 is 2.14 bits per heavy atom. The Labute approximate surface area is 133 Å². The largest absolute Gasteiger partial charge is 0.465 e. The lowest BCUT2D eigenvalue weighted by molar-refractivity contribution is -0.385. The van der Waals surface area contributed by atoms with Crippen molar-refractivity contribution in [1.29, 1.82) is 0 Å². The van der Waals surface area contributed by atoms with Crippen molar-refractivity contribution < 1.29 is 14.5 Å². The number of hydrogen-bond donors (Lipinski definition) is 0. The lowest BCUT2D eigenvalue weighted by Gasteiger charge is -2.08. The third-order valence-corrected chi connectivity index (χ3v) is 3.42. The van der Waals surface area contributed by atoms with Crippen LogP contribution in [0.5, 0.6) is 0 Å². The van der Waals surface area contributed by atoms with Crippen LogP contribution in [0.4, 0.5) is 5.69 Å². The first-order chi connectivity index (χ1) is 10.4. The molecule has 0 saturated carbocycles. The van der Waals surface area contributed by atoms with E-state index >= 15 is 0 Å². The number of rotatable bonds is 4. The first-order valence-corrected chi connectivity index (χ1v) is 6.93. The monoisotopic (exact) mass is 366 g/mol. The summed E-state index contributed by atoms with van der Waals surface area (Å²) in [4.78, 5) is 34.2. The maximum Gasteiger partial charge on any atom is 0.343 e. The second-order valence-corrected chi connectivity index (χ2v) is 5.34. The highest BCUT2D eigenvalue weighted by Crippen LogP contribution is 2.15. The number of benzene rings is 1. The van der Waals surface area contributed by atoms with E-state index in [0.717, 1.165) is 34.0 Å². The Morgan fingerprint density at radius 3 is 2.73 bits per heavy atom. The van der Waals surface area contributed by atoms with Crippen molar-refractivity contribution in [3.05, 3.63) is 72.6 Å². The highest BCUT2D eigenvalue weighted by molar-refractivity contribution is 9.10. The van der Waals surface area contributed by atoms with E-state index in [-0.39, 0.29) is 17.8 Å². The van der Waals surface area contributed by atoms with Crippen molar-refractivity contribution in [2.24, 2.45) is 0 Å². The van der Waals surface area contributed by atoms with Gasteiger partial charge in [0.05, 0.1) is 24.8 Å². The fraction of sp³-hybridized carbons (Fsp3) is 0.143. The molecule has 0 bridgehead atoms. The average molecular weight is 367 g/mol. The van der Waals surface area contributed by atoms with Gasteiger partial charge in [0.2, 0.25) is 0 Å². The van der Waals surface area contributed by atoms with Gasteiger partial charge in [0.15, 0.2) is 0 Å². The molecule has 2 aromatic rings. The number of nitro groups is 1. The molecule has 0 N–H and O–H groups in total. The van der Waals surface area contributed by atoms with Gasteiger partial charge in [-0.15, -0.1) is 0 Å². The number of pyridine rings is 1. The second kappa shape index (κ2) is 6.52. The van der Waals surface area contributed by atoms with Gasteiger partial charge in [0.1, 0.15) is 5.56 Å². The number of hydrogen-bond acceptors (Lipinski definition) is 5. The number of carbonyl (C=O) groups excluding carboxylic acids is 1. The number of carbonyl (C=O) groups is 1. The highest BCUT2D eigenvalue weighted by atomic mass is 79.9. The zero-order chi connectivity index (χ0) is 16.3. The molecule has 0 atom stereocenters. The van der Waals surface area contributed by atoms with E-state index < -0.39 is 16.5 Å². The number of nitrogens with zero attached hydrogens (tertiary/aromatic N) is 2. The van der Waals surface area contributed by atoms with E-state index in [1.807, 2.05) is 6.07 Å². The Hall–Kier alpha value is -2.48. The number of halogens is 1. The molecule has 0 amide bonds. The number of methoxy groups -OCH3 is 1. The lowest BCUT2D eigenvalue weighted by Crippen LogP contribution is -2.27. The van der Waals surface area contributed by atoms with Crippen LogP contribution in [0.3, 0.4) is 0 Å². The summed E-state index contributed by atoms with van der Waals surface area (Å²) < 4.78 is 6.43. The smallest absolute Gasteiger partial charge is 0.343 e. The molecule has 7 nitrogen and oxygen atoms in total. The van der Waals surface area contributed by atoms with Crippen LogP contribution in [0.15, 0.2) is 45.8 Å². The Kier molecular flexibility index (Phi) is 4.71. The molecule has 0 aliphatic carbocycles. The molecule has 2 rings (SSSR count). The molecule has 0 unspecified atom stereocenters. The van der Waals surface area contributed by atoms with Gasteiger partial charge < -0.3 is 9.30 Å². The molecule has 1 heterocycles. The van der Waals surface area contributed by atoms with Crippen LogP contribution in [0.2, 0.25) is 0 Å². The van der Waals surface area contributed by atoms with Crippen molar-refractivity contribution in [3.63, 3.8) is 0 Å². The molecular weight excluding hydrogens is 356 g/mol. The van der Waals surface area contributed by atoms with E-state index in [1.165, 1.54) is 0 Å². The van der Waals surface area contributed by atoms with E-state index in [4.69, 9.17) is 0 Å². The van der Waals surface area contributed by atoms with Crippen LogP contribution in [-0.4, -0.2) is 22.6 Å². The van der Waals surface area contributed by atoms with Crippen molar-refractivity contribution in [2.45, 2.75) is 6.54 Å². The fourth-order valence-corrected chi connectivity index (χ4v) is 2.37. The molecule has 0 aliphatic rings. The molecule has 0 radical (unpaired) electrons. The van der Waals surface area contributed by atoms with Gasteiger partial charge in [-0.1, -0.05) is 28.1 Å². The van der Waals surface area contributed by atoms with E-state index in [2.05, 4.69) is 20.7 Å². The van der Waals surface area contributed by atoms with E-state index in [9.17, 15) is 19.7 Å². The summed E-state index contributed by atoms with van der Waals surface area (Å²) >= 11 is 3.31. The van der Waals surface area contributed by atoms with Gasteiger partial charge in [-0.2, -0.15) is 0 Å². The van der Waals surface area contributed by atoms with Gasteiger partial charge in [-0.25, -0.2) is 4.79 Å². The van der Waals surface area contributed by atoms with Crippen molar-refractivity contribution in [2.75, 3.05) is 7.11 Å². The summed E-state index contributed by atoms with van der Waals surface area (Å²) in [5.41, 5.74) is -0.605. The van der Waals surface area contributed by atoms with Crippen LogP contribution >= 0.6 is 15.9 Å². The van der Waals surface area contributed by atoms with Crippen LogP contribution < -0.4 is 5.56 Å². The van der Waals surface area contributed by atoms with Crippen LogP contribution in [-0.2, 0) is 11.3 Å². The van der Waals surface area contributed by atoms with Crippen LogP contribution in [0.25, 0.3) is 0 Å².